The average molecular weight is 250 g/mol. The summed E-state index contributed by atoms with van der Waals surface area (Å²) in [6.45, 7) is 1.70. The molecule has 0 aliphatic carbocycles. The first-order valence-electron chi connectivity index (χ1n) is 4.92. The van der Waals surface area contributed by atoms with E-state index in [1.807, 2.05) is 6.26 Å². The largest absolute Gasteiger partial charge is 0.368 e. The molecule has 2 aromatic rings. The third-order valence-electron chi connectivity index (χ3n) is 2.24. The molecule has 0 amide bonds. The third kappa shape index (κ3) is 2.52. The molecule has 0 aliphatic heterocycles. The number of hydrogen-bond acceptors (Lipinski definition) is 5. The number of nitrogens with zero attached hydrogens (tertiary/aromatic N) is 3. The zero-order valence-corrected chi connectivity index (χ0v) is 10.3. The second-order valence-electron chi connectivity index (χ2n) is 3.47. The summed E-state index contributed by atoms with van der Waals surface area (Å²) in [6.07, 6.45) is 1.84. The summed E-state index contributed by atoms with van der Waals surface area (Å²) < 4.78 is 13.4. The molecule has 0 saturated heterocycles. The molecule has 0 saturated carbocycles. The van der Waals surface area contributed by atoms with Crippen molar-refractivity contribution in [1.82, 2.24) is 15.0 Å². The summed E-state index contributed by atoms with van der Waals surface area (Å²) in [5, 5.41) is 0.522. The predicted molar refractivity (Wildman–Crippen MR) is 66.2 cm³/mol. The van der Waals surface area contributed by atoms with Gasteiger partial charge in [0.2, 0.25) is 5.95 Å². The highest BCUT2D eigenvalue weighted by Crippen LogP contribution is 2.20. The Morgan fingerprint density at radius 1 is 1.24 bits per heavy atom. The van der Waals surface area contributed by atoms with Crippen molar-refractivity contribution >= 4 is 17.7 Å². The molecule has 0 bridgehead atoms. The van der Waals surface area contributed by atoms with E-state index in [2.05, 4.69) is 15.0 Å². The number of anilines is 1. The summed E-state index contributed by atoms with van der Waals surface area (Å²) in [5.41, 5.74) is 6.75. The SMILES string of the molecule is CSc1nc(N)nc(-c2ccc(C)c(F)c2)n1. The van der Waals surface area contributed by atoms with Crippen molar-refractivity contribution in [1.29, 1.82) is 0 Å². The van der Waals surface area contributed by atoms with Crippen LogP contribution >= 0.6 is 11.8 Å². The molecule has 17 heavy (non-hydrogen) atoms. The molecule has 0 aliphatic rings. The van der Waals surface area contributed by atoms with Crippen LogP contribution in [-0.2, 0) is 0 Å². The molecule has 2 N–H and O–H groups in total. The van der Waals surface area contributed by atoms with Crippen molar-refractivity contribution in [2.45, 2.75) is 12.1 Å². The standard InChI is InChI=1S/C11H11FN4S/c1-6-3-4-7(5-8(6)12)9-14-10(13)16-11(15-9)17-2/h3-5H,1-2H3,(H2,13,14,15,16). The second-order valence-corrected chi connectivity index (χ2v) is 4.24. The molecule has 0 fully saturated rings. The fourth-order valence-electron chi connectivity index (χ4n) is 1.32. The zero-order chi connectivity index (χ0) is 12.4. The summed E-state index contributed by atoms with van der Waals surface area (Å²) in [5.74, 6) is 0.244. The van der Waals surface area contributed by atoms with Crippen LogP contribution in [0.2, 0.25) is 0 Å². The van der Waals surface area contributed by atoms with E-state index in [1.165, 1.54) is 17.8 Å². The molecular formula is C11H11FN4S. The van der Waals surface area contributed by atoms with Crippen molar-refractivity contribution in [3.05, 3.63) is 29.6 Å². The molecule has 1 heterocycles. The maximum absolute atomic E-state index is 13.4. The highest BCUT2D eigenvalue weighted by molar-refractivity contribution is 7.98. The van der Waals surface area contributed by atoms with Gasteiger partial charge in [0, 0.05) is 5.56 Å². The van der Waals surface area contributed by atoms with Crippen LogP contribution in [0.3, 0.4) is 0 Å². The van der Waals surface area contributed by atoms with Gasteiger partial charge in [-0.1, -0.05) is 23.9 Å². The summed E-state index contributed by atoms with van der Waals surface area (Å²) >= 11 is 1.36. The average Bonchev–Trinajstić information content (AvgIpc) is 2.32. The van der Waals surface area contributed by atoms with E-state index < -0.39 is 0 Å². The fourth-order valence-corrected chi connectivity index (χ4v) is 1.69. The van der Waals surface area contributed by atoms with Crippen LogP contribution in [0.5, 0.6) is 0 Å². The van der Waals surface area contributed by atoms with Crippen LogP contribution in [0, 0.1) is 12.7 Å². The first-order valence-corrected chi connectivity index (χ1v) is 6.14. The molecule has 2 rings (SSSR count). The number of benzene rings is 1. The van der Waals surface area contributed by atoms with Crippen LogP contribution in [0.1, 0.15) is 5.56 Å². The maximum Gasteiger partial charge on any atom is 0.224 e. The first-order chi connectivity index (χ1) is 8.10. The van der Waals surface area contributed by atoms with E-state index in [-0.39, 0.29) is 11.8 Å². The minimum absolute atomic E-state index is 0.139. The van der Waals surface area contributed by atoms with Gasteiger partial charge in [0.15, 0.2) is 11.0 Å². The zero-order valence-electron chi connectivity index (χ0n) is 9.44. The third-order valence-corrected chi connectivity index (χ3v) is 2.79. The molecule has 1 aromatic carbocycles. The van der Waals surface area contributed by atoms with Gasteiger partial charge in [-0.15, -0.1) is 0 Å². The van der Waals surface area contributed by atoms with E-state index >= 15 is 0 Å². The van der Waals surface area contributed by atoms with Crippen molar-refractivity contribution in [2.75, 3.05) is 12.0 Å². The predicted octanol–water partition coefficient (Wildman–Crippen LogP) is 2.29. The van der Waals surface area contributed by atoms with Crippen molar-refractivity contribution in [2.24, 2.45) is 0 Å². The lowest BCUT2D eigenvalue weighted by atomic mass is 10.1. The number of nitrogen functional groups attached to an aromatic ring is 1. The number of hydrogen-bond donors (Lipinski definition) is 1. The fraction of sp³-hybridized carbons (Fsp3) is 0.182. The molecule has 0 unspecified atom stereocenters. The Bertz CT molecular complexity index is 559. The lowest BCUT2D eigenvalue weighted by molar-refractivity contribution is 0.619. The molecule has 0 atom stereocenters. The van der Waals surface area contributed by atoms with Gasteiger partial charge in [0.1, 0.15) is 5.82 Å². The second kappa shape index (κ2) is 4.67. The Morgan fingerprint density at radius 3 is 2.65 bits per heavy atom. The topological polar surface area (TPSA) is 64.7 Å². The number of aryl methyl sites for hydroxylation is 1. The van der Waals surface area contributed by atoms with Crippen LogP contribution in [0.4, 0.5) is 10.3 Å². The molecule has 4 nitrogen and oxygen atoms in total. The van der Waals surface area contributed by atoms with Crippen LogP contribution < -0.4 is 5.73 Å². The minimum Gasteiger partial charge on any atom is -0.368 e. The van der Waals surface area contributed by atoms with Crippen molar-refractivity contribution in [3.63, 3.8) is 0 Å². The molecule has 0 radical (unpaired) electrons. The minimum atomic E-state index is -0.285. The van der Waals surface area contributed by atoms with E-state index in [9.17, 15) is 4.39 Å². The quantitative estimate of drug-likeness (QED) is 0.828. The molecule has 88 valence electrons. The number of nitrogens with two attached hydrogens (primary N) is 1. The number of aromatic nitrogens is 3. The van der Waals surface area contributed by atoms with Gasteiger partial charge in [-0.05, 0) is 24.8 Å². The van der Waals surface area contributed by atoms with Gasteiger partial charge in [-0.25, -0.2) is 9.37 Å². The van der Waals surface area contributed by atoms with Crippen LogP contribution in [-0.4, -0.2) is 21.2 Å². The van der Waals surface area contributed by atoms with Crippen molar-refractivity contribution in [3.8, 4) is 11.4 Å². The van der Waals surface area contributed by atoms with Gasteiger partial charge in [-0.2, -0.15) is 9.97 Å². The Hall–Kier alpha value is -1.69. The first kappa shape index (κ1) is 11.8. The highest BCUT2D eigenvalue weighted by atomic mass is 32.2. The maximum atomic E-state index is 13.4. The van der Waals surface area contributed by atoms with Gasteiger partial charge in [-0.3, -0.25) is 0 Å². The van der Waals surface area contributed by atoms with E-state index in [4.69, 9.17) is 5.73 Å². The molecule has 0 spiro atoms. The van der Waals surface area contributed by atoms with Gasteiger partial charge in [0.25, 0.3) is 0 Å². The van der Waals surface area contributed by atoms with Gasteiger partial charge in [0.05, 0.1) is 0 Å². The van der Waals surface area contributed by atoms with E-state index in [0.717, 1.165) is 0 Å². The van der Waals surface area contributed by atoms with Crippen molar-refractivity contribution < 1.29 is 4.39 Å². The highest BCUT2D eigenvalue weighted by Gasteiger charge is 2.08. The lowest BCUT2D eigenvalue weighted by Gasteiger charge is -2.04. The van der Waals surface area contributed by atoms with Crippen LogP contribution in [0.15, 0.2) is 23.4 Å². The van der Waals surface area contributed by atoms with E-state index in [0.29, 0.717) is 22.1 Å². The number of rotatable bonds is 2. The summed E-state index contributed by atoms with van der Waals surface area (Å²) in [4.78, 5) is 12.1. The molecular weight excluding hydrogens is 239 g/mol. The number of thioether (sulfide) groups is 1. The monoisotopic (exact) mass is 250 g/mol. The van der Waals surface area contributed by atoms with Crippen LogP contribution in [0.25, 0.3) is 11.4 Å². The number of halogens is 1. The Balaban J connectivity index is 2.52. The Morgan fingerprint density at radius 2 is 2.00 bits per heavy atom. The Kier molecular flexibility index (Phi) is 3.23. The van der Waals surface area contributed by atoms with E-state index in [1.54, 1.807) is 19.1 Å². The normalized spacial score (nSPS) is 10.5. The smallest absolute Gasteiger partial charge is 0.224 e. The summed E-state index contributed by atoms with van der Waals surface area (Å²) in [7, 11) is 0. The molecule has 6 heteroatoms. The van der Waals surface area contributed by atoms with Gasteiger partial charge < -0.3 is 5.73 Å². The van der Waals surface area contributed by atoms with Gasteiger partial charge >= 0.3 is 0 Å². The lowest BCUT2D eigenvalue weighted by Crippen LogP contribution is -2.01. The summed E-state index contributed by atoms with van der Waals surface area (Å²) in [6, 6.07) is 4.84. The molecule has 1 aromatic heterocycles. The Labute approximate surface area is 103 Å².